The first-order chi connectivity index (χ1) is 18.0. The van der Waals surface area contributed by atoms with Crippen LogP contribution in [-0.2, 0) is 25.7 Å². The number of aromatic hydroxyl groups is 1. The number of rotatable bonds is 12. The van der Waals surface area contributed by atoms with Crippen molar-refractivity contribution >= 4 is 6.21 Å². The topological polar surface area (TPSA) is 76.7 Å². The van der Waals surface area contributed by atoms with Crippen molar-refractivity contribution in [2.45, 2.75) is 59.3 Å². The zero-order chi connectivity index (χ0) is 26.8. The Morgan fingerprint density at radius 3 is 2.51 bits per heavy atom. The molecule has 6 heteroatoms. The molecule has 0 atom stereocenters. The molecule has 0 aliphatic rings. The maximum absolute atomic E-state index is 13.9. The molecule has 0 spiro atoms. The van der Waals surface area contributed by atoms with Crippen LogP contribution in [-0.4, -0.2) is 28.0 Å². The standard InChI is InChI=1S/C31H37N3O3/c1-6-10-14-28-33-30(35)26(31(36)34(28)29-25(9-4)12-11-13-27(29)37-5)19-23(8-3)20-32-21-24-17-15-22(7-2)16-18-24/h8,11-13,15-18,20-21,35H,3,6-7,9-10,14,19H2,1-2,4-5H3/b23-20+,32-21?. The van der Waals surface area contributed by atoms with Crippen molar-refractivity contribution in [3.63, 3.8) is 0 Å². The van der Waals surface area contributed by atoms with E-state index in [9.17, 15) is 9.90 Å². The van der Waals surface area contributed by atoms with E-state index in [-0.39, 0.29) is 23.4 Å². The lowest BCUT2D eigenvalue weighted by Gasteiger charge is -2.20. The number of hydrogen-bond donors (Lipinski definition) is 1. The third kappa shape index (κ3) is 6.64. The van der Waals surface area contributed by atoms with Crippen molar-refractivity contribution < 1.29 is 9.84 Å². The van der Waals surface area contributed by atoms with Crippen LogP contribution >= 0.6 is 0 Å². The zero-order valence-corrected chi connectivity index (χ0v) is 22.3. The SMILES string of the molecule is C=C/C(=C\N=Cc1ccc(CC)cc1)Cc1c(O)nc(CCCC)n(-c2c(CC)cccc2OC)c1=O. The van der Waals surface area contributed by atoms with Gasteiger partial charge in [-0.25, -0.2) is 0 Å². The van der Waals surface area contributed by atoms with Crippen LogP contribution in [0.15, 0.2) is 76.7 Å². The molecule has 6 nitrogen and oxygen atoms in total. The second kappa shape index (κ2) is 13.4. The summed E-state index contributed by atoms with van der Waals surface area (Å²) in [4.78, 5) is 22.8. The third-order valence-corrected chi connectivity index (χ3v) is 6.38. The Morgan fingerprint density at radius 2 is 1.89 bits per heavy atom. The van der Waals surface area contributed by atoms with Gasteiger partial charge in [-0.2, -0.15) is 4.98 Å². The van der Waals surface area contributed by atoms with Crippen molar-refractivity contribution in [3.05, 3.63) is 105 Å². The molecule has 0 fully saturated rings. The van der Waals surface area contributed by atoms with Crippen LogP contribution < -0.4 is 10.3 Å². The van der Waals surface area contributed by atoms with E-state index in [1.807, 2.05) is 37.3 Å². The summed E-state index contributed by atoms with van der Waals surface area (Å²) >= 11 is 0. The summed E-state index contributed by atoms with van der Waals surface area (Å²) in [6.07, 6.45) is 9.26. The molecule has 0 aliphatic heterocycles. The van der Waals surface area contributed by atoms with Crippen LogP contribution in [0, 0.1) is 0 Å². The Labute approximate surface area is 219 Å². The summed E-state index contributed by atoms with van der Waals surface area (Å²) in [5.74, 6) is 0.855. The van der Waals surface area contributed by atoms with E-state index in [4.69, 9.17) is 4.74 Å². The molecule has 0 radical (unpaired) electrons. The van der Waals surface area contributed by atoms with E-state index in [1.165, 1.54) is 5.56 Å². The number of unbranched alkanes of at least 4 members (excludes halogenated alkanes) is 1. The average molecular weight is 500 g/mol. The molecule has 37 heavy (non-hydrogen) atoms. The summed E-state index contributed by atoms with van der Waals surface area (Å²) in [5, 5.41) is 10.8. The van der Waals surface area contributed by atoms with E-state index in [0.29, 0.717) is 35.7 Å². The number of allylic oxidation sites excluding steroid dienone is 2. The molecule has 0 unspecified atom stereocenters. The van der Waals surface area contributed by atoms with Gasteiger partial charge in [0.1, 0.15) is 11.6 Å². The highest BCUT2D eigenvalue weighted by atomic mass is 16.5. The lowest BCUT2D eigenvalue weighted by Crippen LogP contribution is -2.28. The number of methoxy groups -OCH3 is 1. The fourth-order valence-corrected chi connectivity index (χ4v) is 4.18. The minimum absolute atomic E-state index is 0.151. The third-order valence-electron chi connectivity index (χ3n) is 6.38. The smallest absolute Gasteiger partial charge is 0.265 e. The molecule has 3 rings (SSSR count). The fraction of sp³-hybridized carbons (Fsp3) is 0.323. The molecule has 3 aromatic rings. The van der Waals surface area contributed by atoms with Gasteiger partial charge in [0.15, 0.2) is 0 Å². The second-order valence-electron chi connectivity index (χ2n) is 8.85. The summed E-state index contributed by atoms with van der Waals surface area (Å²) in [5.41, 5.74) is 4.46. The predicted molar refractivity (Wildman–Crippen MR) is 151 cm³/mol. The van der Waals surface area contributed by atoms with Gasteiger partial charge in [0, 0.05) is 25.3 Å². The largest absolute Gasteiger partial charge is 0.495 e. The normalized spacial score (nSPS) is 11.7. The lowest BCUT2D eigenvalue weighted by atomic mass is 10.1. The molecule has 0 aliphatic carbocycles. The predicted octanol–water partition coefficient (Wildman–Crippen LogP) is 6.15. The minimum atomic E-state index is -0.315. The van der Waals surface area contributed by atoms with E-state index in [1.54, 1.807) is 30.2 Å². The molecule has 0 saturated heterocycles. The monoisotopic (exact) mass is 499 g/mol. The maximum Gasteiger partial charge on any atom is 0.265 e. The Hall–Kier alpha value is -3.93. The summed E-state index contributed by atoms with van der Waals surface area (Å²) in [7, 11) is 1.59. The van der Waals surface area contributed by atoms with Crippen LogP contribution in [0.3, 0.4) is 0 Å². The highest BCUT2D eigenvalue weighted by Crippen LogP contribution is 2.29. The number of aliphatic imine (C=N–C) groups is 1. The summed E-state index contributed by atoms with van der Waals surface area (Å²) < 4.78 is 7.25. The molecular formula is C31H37N3O3. The Balaban J connectivity index is 2.07. The van der Waals surface area contributed by atoms with Crippen molar-refractivity contribution in [1.29, 1.82) is 0 Å². The molecule has 1 aromatic heterocycles. The Morgan fingerprint density at radius 1 is 1.14 bits per heavy atom. The number of hydrogen-bond acceptors (Lipinski definition) is 5. The van der Waals surface area contributed by atoms with Gasteiger partial charge in [0.25, 0.3) is 5.56 Å². The quantitative estimate of drug-likeness (QED) is 0.240. The van der Waals surface area contributed by atoms with Crippen LogP contribution in [0.1, 0.15) is 61.7 Å². The van der Waals surface area contributed by atoms with Gasteiger partial charge in [-0.05, 0) is 47.6 Å². The van der Waals surface area contributed by atoms with Gasteiger partial charge in [-0.1, -0.05) is 76.2 Å². The average Bonchev–Trinajstić information content (AvgIpc) is 2.93. The van der Waals surface area contributed by atoms with E-state index in [2.05, 4.69) is 42.5 Å². The Kier molecular flexibility index (Phi) is 10.0. The maximum atomic E-state index is 13.9. The molecule has 0 saturated carbocycles. The van der Waals surface area contributed by atoms with Crippen molar-refractivity contribution in [3.8, 4) is 17.3 Å². The highest BCUT2D eigenvalue weighted by Gasteiger charge is 2.22. The first-order valence-electron chi connectivity index (χ1n) is 12.9. The van der Waals surface area contributed by atoms with E-state index >= 15 is 0 Å². The minimum Gasteiger partial charge on any atom is -0.495 e. The van der Waals surface area contributed by atoms with Gasteiger partial charge in [-0.3, -0.25) is 14.4 Å². The zero-order valence-electron chi connectivity index (χ0n) is 22.3. The molecular weight excluding hydrogens is 462 g/mol. The van der Waals surface area contributed by atoms with Gasteiger partial charge < -0.3 is 9.84 Å². The van der Waals surface area contributed by atoms with E-state index in [0.717, 1.165) is 30.4 Å². The Bertz CT molecular complexity index is 1310. The van der Waals surface area contributed by atoms with Crippen LogP contribution in [0.5, 0.6) is 11.6 Å². The van der Waals surface area contributed by atoms with Gasteiger partial charge in [0.05, 0.1) is 18.4 Å². The van der Waals surface area contributed by atoms with Crippen molar-refractivity contribution in [1.82, 2.24) is 9.55 Å². The fourth-order valence-electron chi connectivity index (χ4n) is 4.18. The molecule has 194 valence electrons. The number of aryl methyl sites for hydroxylation is 3. The second-order valence-corrected chi connectivity index (χ2v) is 8.85. The molecule has 2 aromatic carbocycles. The molecule has 1 N–H and O–H groups in total. The summed E-state index contributed by atoms with van der Waals surface area (Å²) in [6.45, 7) is 10.1. The molecule has 1 heterocycles. The number of para-hydroxylation sites is 1. The lowest BCUT2D eigenvalue weighted by molar-refractivity contribution is 0.409. The summed E-state index contributed by atoms with van der Waals surface area (Å²) in [6, 6.07) is 13.9. The van der Waals surface area contributed by atoms with Gasteiger partial charge in [0.2, 0.25) is 5.88 Å². The highest BCUT2D eigenvalue weighted by molar-refractivity contribution is 5.80. The number of benzene rings is 2. The van der Waals surface area contributed by atoms with Gasteiger partial charge in [-0.15, -0.1) is 0 Å². The van der Waals surface area contributed by atoms with Crippen LogP contribution in [0.25, 0.3) is 5.69 Å². The first kappa shape index (κ1) is 27.7. The molecule has 0 amide bonds. The number of nitrogens with zero attached hydrogens (tertiary/aromatic N) is 3. The van der Waals surface area contributed by atoms with Crippen LogP contribution in [0.4, 0.5) is 0 Å². The molecule has 0 bridgehead atoms. The van der Waals surface area contributed by atoms with Crippen molar-refractivity contribution in [2.24, 2.45) is 4.99 Å². The first-order valence-corrected chi connectivity index (χ1v) is 12.9. The number of ether oxygens (including phenoxy) is 1. The van der Waals surface area contributed by atoms with Crippen molar-refractivity contribution in [2.75, 3.05) is 7.11 Å². The van der Waals surface area contributed by atoms with E-state index < -0.39 is 0 Å². The van der Waals surface area contributed by atoms with Crippen LogP contribution in [0.2, 0.25) is 0 Å². The van der Waals surface area contributed by atoms with Gasteiger partial charge >= 0.3 is 0 Å². The number of aromatic nitrogens is 2.